The Bertz CT molecular complexity index is 1250. The predicted octanol–water partition coefficient (Wildman–Crippen LogP) is 4.88. The fourth-order valence-corrected chi connectivity index (χ4v) is 5.08. The Morgan fingerprint density at radius 2 is 1.78 bits per heavy atom. The van der Waals surface area contributed by atoms with E-state index in [0.717, 1.165) is 16.4 Å². The molecule has 2 aromatic heterocycles. The number of aliphatic hydroxyl groups excluding tert-OH is 1. The first kappa shape index (κ1) is 26.2. The molecule has 0 saturated carbocycles. The molecule has 3 aromatic rings. The van der Waals surface area contributed by atoms with Gasteiger partial charge in [0.15, 0.2) is 6.10 Å². The summed E-state index contributed by atoms with van der Waals surface area (Å²) in [6, 6.07) is 10.2. The highest BCUT2D eigenvalue weighted by molar-refractivity contribution is 7.15. The van der Waals surface area contributed by atoms with Crippen molar-refractivity contribution in [3.05, 3.63) is 68.9 Å². The highest BCUT2D eigenvalue weighted by Gasteiger charge is 2.31. The van der Waals surface area contributed by atoms with Crippen LogP contribution >= 0.6 is 22.9 Å². The van der Waals surface area contributed by atoms with Gasteiger partial charge in [-0.1, -0.05) is 55.8 Å². The van der Waals surface area contributed by atoms with E-state index in [1.54, 1.807) is 35.2 Å². The molecule has 1 aliphatic heterocycles. The number of aryl methyl sites for hydroxylation is 1. The Morgan fingerprint density at radius 3 is 2.39 bits per heavy atom. The number of carbonyl (C=O) groups excluding carboxylic acids is 2. The van der Waals surface area contributed by atoms with E-state index in [2.05, 4.69) is 15.5 Å². The van der Waals surface area contributed by atoms with Gasteiger partial charge in [-0.2, -0.15) is 0 Å². The molecule has 1 aromatic carbocycles. The quantitative estimate of drug-likeness (QED) is 0.489. The highest BCUT2D eigenvalue weighted by Crippen LogP contribution is 2.32. The number of nitrogens with zero attached hydrogens (tertiary/aromatic N) is 4. The molecule has 1 unspecified atom stereocenters. The van der Waals surface area contributed by atoms with Gasteiger partial charge in [0.2, 0.25) is 5.13 Å². The van der Waals surface area contributed by atoms with E-state index >= 15 is 0 Å². The first-order valence-electron chi connectivity index (χ1n) is 11.9. The summed E-state index contributed by atoms with van der Waals surface area (Å²) in [5.74, 6) is -0.593. The van der Waals surface area contributed by atoms with Crippen molar-refractivity contribution in [2.24, 2.45) is 0 Å². The number of hydrogen-bond donors (Lipinski definition) is 2. The Kier molecular flexibility index (Phi) is 7.73. The summed E-state index contributed by atoms with van der Waals surface area (Å²) in [5, 5.41) is 23.6. The van der Waals surface area contributed by atoms with Gasteiger partial charge in [-0.15, -0.1) is 10.2 Å². The molecule has 4 rings (SSSR count). The lowest BCUT2D eigenvalue weighted by Gasteiger charge is -2.33. The first-order chi connectivity index (χ1) is 17.0. The molecule has 1 fully saturated rings. The molecule has 1 aliphatic rings. The lowest BCUT2D eigenvalue weighted by atomic mass is 9.89. The van der Waals surface area contributed by atoms with Crippen LogP contribution in [0.4, 0.5) is 5.13 Å². The number of aromatic nitrogens is 3. The van der Waals surface area contributed by atoms with Crippen LogP contribution in [0.25, 0.3) is 0 Å². The average molecular weight is 528 g/mol. The van der Waals surface area contributed by atoms with E-state index < -0.39 is 6.10 Å². The maximum Gasteiger partial charge on any atom is 0.259 e. The lowest BCUT2D eigenvalue weighted by molar-refractivity contribution is -0.141. The van der Waals surface area contributed by atoms with E-state index in [0.29, 0.717) is 47.2 Å². The summed E-state index contributed by atoms with van der Waals surface area (Å²) in [4.78, 5) is 32.4. The molecular formula is C26H30ClN5O3S. The van der Waals surface area contributed by atoms with Gasteiger partial charge in [-0.05, 0) is 49.6 Å². The number of aliphatic hydroxyl groups is 1. The monoisotopic (exact) mass is 527 g/mol. The molecule has 2 amide bonds. The van der Waals surface area contributed by atoms with Gasteiger partial charge in [0, 0.05) is 35.1 Å². The number of piperidine rings is 1. The zero-order valence-corrected chi connectivity index (χ0v) is 22.4. The second-order valence-electron chi connectivity index (χ2n) is 10.1. The van der Waals surface area contributed by atoms with Gasteiger partial charge in [0.1, 0.15) is 5.01 Å². The van der Waals surface area contributed by atoms with Crippen LogP contribution in [-0.4, -0.2) is 50.1 Å². The number of carbonyl (C=O) groups is 2. The predicted molar refractivity (Wildman–Crippen MR) is 141 cm³/mol. The van der Waals surface area contributed by atoms with Crippen molar-refractivity contribution in [3.8, 4) is 0 Å². The number of amides is 2. The molecule has 190 valence electrons. The molecular weight excluding hydrogens is 498 g/mol. The van der Waals surface area contributed by atoms with Crippen LogP contribution < -0.4 is 5.32 Å². The summed E-state index contributed by atoms with van der Waals surface area (Å²) >= 11 is 7.27. The summed E-state index contributed by atoms with van der Waals surface area (Å²) in [7, 11) is 0. The lowest BCUT2D eigenvalue weighted by Crippen LogP contribution is -2.41. The van der Waals surface area contributed by atoms with Crippen LogP contribution in [0.15, 0.2) is 36.4 Å². The Balaban J connectivity index is 1.45. The SMILES string of the molecule is Cc1ccc(C(=O)Nc2nnc(C(C)(C)C)s2)c(C2CCN(C(=O)C(O)c3ccc(Cl)cc3)CC2)n1. The van der Waals surface area contributed by atoms with Crippen molar-refractivity contribution in [1.29, 1.82) is 0 Å². The van der Waals surface area contributed by atoms with Gasteiger partial charge in [-0.25, -0.2) is 0 Å². The molecule has 1 atom stereocenters. The molecule has 0 spiro atoms. The van der Waals surface area contributed by atoms with E-state index in [9.17, 15) is 14.7 Å². The van der Waals surface area contributed by atoms with Crippen LogP contribution in [0.1, 0.15) is 78.0 Å². The maximum atomic E-state index is 13.2. The van der Waals surface area contributed by atoms with Gasteiger partial charge in [-0.3, -0.25) is 19.9 Å². The van der Waals surface area contributed by atoms with Crippen LogP contribution in [0, 0.1) is 6.92 Å². The fraction of sp³-hybridized carbons (Fsp3) is 0.423. The first-order valence-corrected chi connectivity index (χ1v) is 13.1. The van der Waals surface area contributed by atoms with Crippen LogP contribution in [0.5, 0.6) is 0 Å². The number of nitrogens with one attached hydrogen (secondary N) is 1. The number of likely N-dealkylation sites (tertiary alicyclic amines) is 1. The van der Waals surface area contributed by atoms with Crippen molar-refractivity contribution in [3.63, 3.8) is 0 Å². The van der Waals surface area contributed by atoms with Crippen LogP contribution in [0.3, 0.4) is 0 Å². The van der Waals surface area contributed by atoms with Crippen molar-refractivity contribution in [2.45, 2.75) is 58.0 Å². The summed E-state index contributed by atoms with van der Waals surface area (Å²) in [5.41, 5.74) is 2.41. The standard InChI is InChI=1S/C26H30ClN5O3S/c1-15-5-10-19(22(34)29-25-31-30-24(36-25)26(2,3)4)20(28-15)16-11-13-32(14-12-16)23(35)21(33)17-6-8-18(27)9-7-17/h5-10,16,21,33H,11-14H2,1-4H3,(H,29,31,34). The number of halogens is 1. The molecule has 0 aliphatic carbocycles. The zero-order chi connectivity index (χ0) is 26.0. The Labute approximate surface area is 219 Å². The molecule has 8 nitrogen and oxygen atoms in total. The smallest absolute Gasteiger partial charge is 0.259 e. The van der Waals surface area contributed by atoms with Crippen molar-refractivity contribution < 1.29 is 14.7 Å². The van der Waals surface area contributed by atoms with Crippen molar-refractivity contribution >= 4 is 39.9 Å². The minimum absolute atomic E-state index is 0.0157. The third-order valence-corrected chi connectivity index (χ3v) is 7.73. The fourth-order valence-electron chi connectivity index (χ4n) is 4.16. The normalized spacial score (nSPS) is 15.6. The van der Waals surface area contributed by atoms with Crippen molar-refractivity contribution in [1.82, 2.24) is 20.1 Å². The van der Waals surface area contributed by atoms with Crippen LogP contribution in [0.2, 0.25) is 5.02 Å². The molecule has 36 heavy (non-hydrogen) atoms. The van der Waals surface area contributed by atoms with Crippen LogP contribution in [-0.2, 0) is 10.2 Å². The minimum Gasteiger partial charge on any atom is -0.378 e. The summed E-state index contributed by atoms with van der Waals surface area (Å²) < 4.78 is 0. The van der Waals surface area contributed by atoms with Gasteiger partial charge < -0.3 is 10.0 Å². The number of benzene rings is 1. The molecule has 0 radical (unpaired) electrons. The zero-order valence-electron chi connectivity index (χ0n) is 20.8. The topological polar surface area (TPSA) is 108 Å². The number of hydrogen-bond acceptors (Lipinski definition) is 7. The van der Waals surface area contributed by atoms with E-state index in [1.165, 1.54) is 11.3 Å². The van der Waals surface area contributed by atoms with Gasteiger partial charge in [0.05, 0.1) is 11.3 Å². The third-order valence-electron chi connectivity index (χ3n) is 6.21. The van der Waals surface area contributed by atoms with Crippen molar-refractivity contribution in [2.75, 3.05) is 18.4 Å². The van der Waals surface area contributed by atoms with Gasteiger partial charge >= 0.3 is 0 Å². The second-order valence-corrected chi connectivity index (χ2v) is 11.5. The van der Waals surface area contributed by atoms with Gasteiger partial charge in [0.25, 0.3) is 11.8 Å². The molecule has 1 saturated heterocycles. The maximum absolute atomic E-state index is 13.2. The number of pyridine rings is 1. The van der Waals surface area contributed by atoms with E-state index in [-0.39, 0.29) is 23.1 Å². The Morgan fingerprint density at radius 1 is 1.11 bits per heavy atom. The largest absolute Gasteiger partial charge is 0.378 e. The number of anilines is 1. The molecule has 3 heterocycles. The second kappa shape index (κ2) is 10.6. The number of rotatable bonds is 5. The Hall–Kier alpha value is -2.88. The third kappa shape index (κ3) is 5.91. The summed E-state index contributed by atoms with van der Waals surface area (Å²) in [6.45, 7) is 8.98. The average Bonchev–Trinajstić information content (AvgIpc) is 3.33. The molecule has 0 bridgehead atoms. The van der Waals surface area contributed by atoms with E-state index in [4.69, 9.17) is 16.6 Å². The van der Waals surface area contributed by atoms with E-state index in [1.807, 2.05) is 33.8 Å². The molecule has 2 N–H and O–H groups in total. The molecule has 10 heteroatoms. The summed E-state index contributed by atoms with van der Waals surface area (Å²) in [6.07, 6.45) is 0.0492. The highest BCUT2D eigenvalue weighted by atomic mass is 35.5. The minimum atomic E-state index is -1.23.